The van der Waals surface area contributed by atoms with Crippen molar-refractivity contribution in [3.05, 3.63) is 35.4 Å². The second-order valence-electron chi connectivity index (χ2n) is 3.67. The maximum Gasteiger partial charge on any atom is 0.118 e. The second kappa shape index (κ2) is 5.56. The van der Waals surface area contributed by atoms with E-state index in [0.29, 0.717) is 6.04 Å². The molecule has 1 unspecified atom stereocenters. The van der Waals surface area contributed by atoms with Crippen LogP contribution >= 0.6 is 0 Å². The Hall–Kier alpha value is -1.28. The molecule has 0 saturated carbocycles. The highest BCUT2D eigenvalue weighted by Gasteiger charge is 2.00. The molecule has 0 aliphatic carbocycles. The predicted molar refractivity (Wildman–Crippen MR) is 65.2 cm³/mol. The van der Waals surface area contributed by atoms with Gasteiger partial charge in [-0.15, -0.1) is 0 Å². The highest BCUT2D eigenvalue weighted by atomic mass is 16.5. The molecule has 0 fully saturated rings. The lowest BCUT2D eigenvalue weighted by Gasteiger charge is -2.10. The molecule has 0 aliphatic heterocycles. The number of methoxy groups -OCH3 is 1. The number of rotatable bonds is 4. The number of likely N-dealkylation sites (N-methyl/N-ethyl adjacent to an activating group) is 1. The third kappa shape index (κ3) is 3.40. The van der Waals surface area contributed by atoms with Crippen LogP contribution in [0.1, 0.15) is 19.4 Å². The van der Waals surface area contributed by atoms with Gasteiger partial charge in [-0.05, 0) is 38.6 Å². The fourth-order valence-corrected chi connectivity index (χ4v) is 1.32. The molecule has 1 atom stereocenters. The molecule has 0 bridgehead atoms. The van der Waals surface area contributed by atoms with E-state index < -0.39 is 0 Å². The summed E-state index contributed by atoms with van der Waals surface area (Å²) in [4.78, 5) is 0. The fraction of sp³-hybridized carbons (Fsp3) is 0.385. The molecule has 1 aromatic rings. The van der Waals surface area contributed by atoms with E-state index in [9.17, 15) is 0 Å². The molecule has 1 rings (SSSR count). The lowest BCUT2D eigenvalue weighted by atomic mass is 10.1. The van der Waals surface area contributed by atoms with Crippen LogP contribution in [0, 0.1) is 0 Å². The van der Waals surface area contributed by atoms with Crippen molar-refractivity contribution in [2.45, 2.75) is 19.9 Å². The molecule has 0 saturated heterocycles. The SMILES string of the molecule is CNC(C)/C(C)=C/c1ccc(OC)cc1. The van der Waals surface area contributed by atoms with E-state index in [4.69, 9.17) is 4.74 Å². The summed E-state index contributed by atoms with van der Waals surface area (Å²) in [5.74, 6) is 0.895. The molecule has 0 spiro atoms. The minimum atomic E-state index is 0.409. The number of nitrogens with one attached hydrogen (secondary N) is 1. The third-order valence-corrected chi connectivity index (χ3v) is 2.63. The molecule has 0 aromatic heterocycles. The molecule has 2 heteroatoms. The first-order valence-corrected chi connectivity index (χ1v) is 5.17. The van der Waals surface area contributed by atoms with Crippen molar-refractivity contribution in [1.29, 1.82) is 0 Å². The van der Waals surface area contributed by atoms with Gasteiger partial charge >= 0.3 is 0 Å². The van der Waals surface area contributed by atoms with Crippen LogP contribution in [0.15, 0.2) is 29.8 Å². The van der Waals surface area contributed by atoms with Crippen LogP contribution < -0.4 is 10.1 Å². The standard InChI is InChI=1S/C13H19NO/c1-10(11(2)14-3)9-12-5-7-13(15-4)8-6-12/h5-9,11,14H,1-4H3/b10-9+. The van der Waals surface area contributed by atoms with Gasteiger partial charge in [-0.1, -0.05) is 23.8 Å². The van der Waals surface area contributed by atoms with Crippen molar-refractivity contribution in [1.82, 2.24) is 5.32 Å². The number of ether oxygens (including phenoxy) is 1. The molecule has 0 aliphatic rings. The second-order valence-corrected chi connectivity index (χ2v) is 3.67. The van der Waals surface area contributed by atoms with E-state index in [1.807, 2.05) is 19.2 Å². The van der Waals surface area contributed by atoms with Crippen molar-refractivity contribution >= 4 is 6.08 Å². The largest absolute Gasteiger partial charge is 0.497 e. The van der Waals surface area contributed by atoms with Crippen molar-refractivity contribution in [2.24, 2.45) is 0 Å². The van der Waals surface area contributed by atoms with Crippen LogP contribution in [0.5, 0.6) is 5.75 Å². The Kier molecular flexibility index (Phi) is 4.37. The zero-order valence-corrected chi connectivity index (χ0v) is 9.87. The van der Waals surface area contributed by atoms with E-state index >= 15 is 0 Å². The van der Waals surface area contributed by atoms with E-state index in [1.165, 1.54) is 11.1 Å². The van der Waals surface area contributed by atoms with Gasteiger partial charge in [0.25, 0.3) is 0 Å². The van der Waals surface area contributed by atoms with Crippen LogP contribution in [-0.2, 0) is 0 Å². The highest BCUT2D eigenvalue weighted by Crippen LogP contribution is 2.14. The molecule has 82 valence electrons. The van der Waals surface area contributed by atoms with Crippen molar-refractivity contribution in [2.75, 3.05) is 14.2 Å². The monoisotopic (exact) mass is 205 g/mol. The van der Waals surface area contributed by atoms with E-state index in [-0.39, 0.29) is 0 Å². The molecule has 15 heavy (non-hydrogen) atoms. The van der Waals surface area contributed by atoms with E-state index in [2.05, 4.69) is 37.4 Å². The summed E-state index contributed by atoms with van der Waals surface area (Å²) in [6, 6.07) is 8.48. The molecule has 1 aromatic carbocycles. The van der Waals surface area contributed by atoms with Crippen molar-refractivity contribution in [3.8, 4) is 5.75 Å². The lowest BCUT2D eigenvalue weighted by Crippen LogP contribution is -2.21. The summed E-state index contributed by atoms with van der Waals surface area (Å²) in [5, 5.41) is 3.21. The summed E-state index contributed by atoms with van der Waals surface area (Å²) in [7, 11) is 3.65. The van der Waals surface area contributed by atoms with Crippen molar-refractivity contribution < 1.29 is 4.74 Å². The molecular weight excluding hydrogens is 186 g/mol. The fourth-order valence-electron chi connectivity index (χ4n) is 1.32. The summed E-state index contributed by atoms with van der Waals surface area (Å²) in [6.45, 7) is 4.28. The molecular formula is C13H19NO. The molecule has 0 radical (unpaired) electrons. The van der Waals surface area contributed by atoms with Crippen LogP contribution in [-0.4, -0.2) is 20.2 Å². The van der Waals surface area contributed by atoms with E-state index in [0.717, 1.165) is 5.75 Å². The maximum absolute atomic E-state index is 5.11. The van der Waals surface area contributed by atoms with Gasteiger partial charge in [0.15, 0.2) is 0 Å². The third-order valence-electron chi connectivity index (χ3n) is 2.63. The van der Waals surface area contributed by atoms with Gasteiger partial charge in [-0.3, -0.25) is 0 Å². The number of benzene rings is 1. The van der Waals surface area contributed by atoms with Gasteiger partial charge in [0, 0.05) is 6.04 Å². The minimum absolute atomic E-state index is 0.409. The minimum Gasteiger partial charge on any atom is -0.497 e. The van der Waals surface area contributed by atoms with Crippen LogP contribution in [0.25, 0.3) is 6.08 Å². The molecule has 0 amide bonds. The van der Waals surface area contributed by atoms with Gasteiger partial charge in [0.2, 0.25) is 0 Å². The van der Waals surface area contributed by atoms with Gasteiger partial charge in [0.1, 0.15) is 5.75 Å². The van der Waals surface area contributed by atoms with Crippen molar-refractivity contribution in [3.63, 3.8) is 0 Å². The van der Waals surface area contributed by atoms with Crippen LogP contribution in [0.4, 0.5) is 0 Å². The normalized spacial score (nSPS) is 13.7. The average molecular weight is 205 g/mol. The first-order valence-electron chi connectivity index (χ1n) is 5.17. The quantitative estimate of drug-likeness (QED) is 0.816. The first-order chi connectivity index (χ1) is 7.17. The zero-order chi connectivity index (χ0) is 11.3. The Morgan fingerprint density at radius 3 is 2.40 bits per heavy atom. The smallest absolute Gasteiger partial charge is 0.118 e. The number of hydrogen-bond acceptors (Lipinski definition) is 2. The van der Waals surface area contributed by atoms with Crippen LogP contribution in [0.2, 0.25) is 0 Å². The first kappa shape index (κ1) is 11.8. The van der Waals surface area contributed by atoms with Gasteiger partial charge in [0.05, 0.1) is 7.11 Å². The predicted octanol–water partition coefficient (Wildman–Crippen LogP) is 2.71. The Morgan fingerprint density at radius 1 is 1.33 bits per heavy atom. The van der Waals surface area contributed by atoms with Crippen LogP contribution in [0.3, 0.4) is 0 Å². The van der Waals surface area contributed by atoms with E-state index in [1.54, 1.807) is 7.11 Å². The summed E-state index contributed by atoms with van der Waals surface area (Å²) in [6.07, 6.45) is 2.18. The average Bonchev–Trinajstić information content (AvgIpc) is 2.29. The Labute approximate surface area is 92.0 Å². The summed E-state index contributed by atoms with van der Waals surface area (Å²) in [5.41, 5.74) is 2.53. The number of hydrogen-bond donors (Lipinski definition) is 1. The van der Waals surface area contributed by atoms with Gasteiger partial charge < -0.3 is 10.1 Å². The Balaban J connectivity index is 2.79. The Bertz CT molecular complexity index is 327. The maximum atomic E-state index is 5.11. The van der Waals surface area contributed by atoms with Gasteiger partial charge in [-0.25, -0.2) is 0 Å². The Morgan fingerprint density at radius 2 is 1.93 bits per heavy atom. The van der Waals surface area contributed by atoms with Gasteiger partial charge in [-0.2, -0.15) is 0 Å². The molecule has 1 N–H and O–H groups in total. The summed E-state index contributed by atoms with van der Waals surface area (Å²) >= 11 is 0. The highest BCUT2D eigenvalue weighted by molar-refractivity contribution is 5.54. The zero-order valence-electron chi connectivity index (χ0n) is 9.87. The summed E-state index contributed by atoms with van der Waals surface area (Å²) < 4.78 is 5.11. The topological polar surface area (TPSA) is 21.3 Å². The molecule has 2 nitrogen and oxygen atoms in total. The lowest BCUT2D eigenvalue weighted by molar-refractivity contribution is 0.415. The molecule has 0 heterocycles.